The minimum absolute atomic E-state index is 0.193. The summed E-state index contributed by atoms with van der Waals surface area (Å²) in [6, 6.07) is 18.6. The molecule has 2 N–H and O–H groups in total. The van der Waals surface area contributed by atoms with E-state index in [0.29, 0.717) is 25.7 Å². The third kappa shape index (κ3) is 41.3. The van der Waals surface area contributed by atoms with Crippen LogP contribution in [-0.2, 0) is 54.3 Å². The van der Waals surface area contributed by atoms with Crippen LogP contribution in [0.4, 0.5) is 0 Å². The molecule has 0 fully saturated rings. The molecule has 406 valence electrons. The average Bonchev–Trinajstić information content (AvgIpc) is 3.36. The standard InChI is InChI=1S/C64H102O8/c1-56(72-64(70)45-37-29-21-13-5-9-17-25-33-41-60-52-48-58(49-53-60)39-31-23-15-7-3-11-19-27-35-43-62(67)68)54-55-71-63(69)44-36-28-20-12-4-8-16-24-32-40-59-50-46-57(47-51-59)38-30-22-14-6-2-10-18-26-34-42-61(65)66/h46-55H,1-45H2,(H,65,66)(H,67,68). The molecule has 8 nitrogen and oxygen atoms in total. The van der Waals surface area contributed by atoms with E-state index in [1.807, 2.05) is 0 Å². The Labute approximate surface area is 439 Å². The van der Waals surface area contributed by atoms with Gasteiger partial charge in [-0.05, 0) is 99.3 Å². The summed E-state index contributed by atoms with van der Waals surface area (Å²) in [6.07, 6.45) is 51.2. The Kier molecular flexibility index (Phi) is 41.3. The Morgan fingerprint density at radius 3 is 0.819 bits per heavy atom. The van der Waals surface area contributed by atoms with Crippen molar-refractivity contribution in [3.63, 3.8) is 0 Å². The van der Waals surface area contributed by atoms with Crippen LogP contribution in [0.3, 0.4) is 0 Å². The molecule has 72 heavy (non-hydrogen) atoms. The number of carbonyl (C=O) groups excluding carboxylic acids is 2. The van der Waals surface area contributed by atoms with Crippen LogP contribution >= 0.6 is 0 Å². The fourth-order valence-corrected chi connectivity index (χ4v) is 9.58. The smallest absolute Gasteiger partial charge is 0.311 e. The van der Waals surface area contributed by atoms with Gasteiger partial charge in [0.15, 0.2) is 0 Å². The first-order valence-corrected chi connectivity index (χ1v) is 29.6. The van der Waals surface area contributed by atoms with E-state index in [-0.39, 0.29) is 17.7 Å². The second kappa shape index (κ2) is 46.6. The molecule has 0 unspecified atom stereocenters. The molecule has 0 spiro atoms. The molecule has 2 rings (SSSR count). The number of hydrogen-bond acceptors (Lipinski definition) is 6. The number of carboxylic acid groups (broad SMARTS) is 2. The number of carbonyl (C=O) groups is 4. The van der Waals surface area contributed by atoms with Gasteiger partial charge in [0.25, 0.3) is 0 Å². The lowest BCUT2D eigenvalue weighted by Gasteiger charge is -2.06. The fourth-order valence-electron chi connectivity index (χ4n) is 9.58. The predicted octanol–water partition coefficient (Wildman–Crippen LogP) is 18.4. The van der Waals surface area contributed by atoms with E-state index in [4.69, 9.17) is 19.7 Å². The van der Waals surface area contributed by atoms with Gasteiger partial charge in [0, 0.05) is 31.8 Å². The van der Waals surface area contributed by atoms with E-state index in [1.165, 1.54) is 214 Å². The summed E-state index contributed by atoms with van der Waals surface area (Å²) >= 11 is 0. The third-order valence-electron chi connectivity index (χ3n) is 14.1. The maximum atomic E-state index is 12.2. The number of esters is 2. The minimum Gasteiger partial charge on any atom is -0.481 e. The maximum absolute atomic E-state index is 12.2. The molecule has 0 aliphatic heterocycles. The second-order valence-electron chi connectivity index (χ2n) is 20.9. The monoisotopic (exact) mass is 999 g/mol. The van der Waals surface area contributed by atoms with Gasteiger partial charge in [-0.1, -0.05) is 235 Å². The van der Waals surface area contributed by atoms with Crippen molar-refractivity contribution in [2.75, 3.05) is 0 Å². The second-order valence-corrected chi connectivity index (χ2v) is 20.9. The highest BCUT2D eigenvalue weighted by Crippen LogP contribution is 2.19. The SMILES string of the molecule is C=C(C=COC(=O)CCCCCCCCCCCc1ccc(CCCCCCCCCCCC(=O)O)cc1)OC(=O)CCCCCCCCCCCc1ccc(CCCCCCCCCCCC(=O)O)cc1. The Balaban J connectivity index is 1.30. The molecule has 0 bridgehead atoms. The van der Waals surface area contributed by atoms with Gasteiger partial charge in [-0.3, -0.25) is 19.2 Å². The van der Waals surface area contributed by atoms with Crippen LogP contribution in [0, 0.1) is 0 Å². The summed E-state index contributed by atoms with van der Waals surface area (Å²) in [5.41, 5.74) is 5.80. The zero-order valence-electron chi connectivity index (χ0n) is 45.4. The van der Waals surface area contributed by atoms with Crippen molar-refractivity contribution >= 4 is 23.9 Å². The van der Waals surface area contributed by atoms with Crippen LogP contribution in [0.2, 0.25) is 0 Å². The lowest BCUT2D eigenvalue weighted by molar-refractivity contribution is -0.139. The van der Waals surface area contributed by atoms with Crippen molar-refractivity contribution in [1.82, 2.24) is 0 Å². The molecule has 8 heteroatoms. The highest BCUT2D eigenvalue weighted by molar-refractivity contribution is 5.71. The zero-order valence-corrected chi connectivity index (χ0v) is 45.4. The Bertz CT molecular complexity index is 1680. The number of rotatable bonds is 51. The van der Waals surface area contributed by atoms with Crippen molar-refractivity contribution in [3.8, 4) is 0 Å². The van der Waals surface area contributed by atoms with E-state index in [2.05, 4.69) is 55.1 Å². The van der Waals surface area contributed by atoms with E-state index in [9.17, 15) is 19.2 Å². The van der Waals surface area contributed by atoms with Crippen LogP contribution in [0.5, 0.6) is 0 Å². The molecule has 0 aliphatic rings. The topological polar surface area (TPSA) is 127 Å². The van der Waals surface area contributed by atoms with Gasteiger partial charge in [-0.15, -0.1) is 0 Å². The van der Waals surface area contributed by atoms with Crippen LogP contribution in [0.1, 0.15) is 279 Å². The summed E-state index contributed by atoms with van der Waals surface area (Å²) in [4.78, 5) is 45.5. The molecule has 0 atom stereocenters. The molecule has 2 aromatic carbocycles. The van der Waals surface area contributed by atoms with E-state index < -0.39 is 11.9 Å². The number of unbranched alkanes of at least 4 members (excludes halogenated alkanes) is 32. The Hall–Kier alpha value is -4.20. The molecule has 0 saturated carbocycles. The van der Waals surface area contributed by atoms with E-state index >= 15 is 0 Å². The van der Waals surface area contributed by atoms with Crippen molar-refractivity contribution in [1.29, 1.82) is 0 Å². The predicted molar refractivity (Wildman–Crippen MR) is 298 cm³/mol. The van der Waals surface area contributed by atoms with Crippen molar-refractivity contribution in [3.05, 3.63) is 95.5 Å². The number of aliphatic carboxylic acids is 2. The summed E-state index contributed by atoms with van der Waals surface area (Å²) in [7, 11) is 0. The number of benzene rings is 2. The molecule has 0 amide bonds. The fraction of sp³-hybridized carbons (Fsp3) is 0.688. The molecular weight excluding hydrogens is 897 g/mol. The van der Waals surface area contributed by atoms with Crippen LogP contribution in [0.25, 0.3) is 0 Å². The van der Waals surface area contributed by atoms with Crippen molar-refractivity contribution in [2.24, 2.45) is 0 Å². The Morgan fingerprint density at radius 2 is 0.556 bits per heavy atom. The number of carboxylic acids is 2. The van der Waals surface area contributed by atoms with Gasteiger partial charge in [-0.2, -0.15) is 0 Å². The summed E-state index contributed by atoms with van der Waals surface area (Å²) < 4.78 is 10.5. The molecule has 0 saturated heterocycles. The maximum Gasteiger partial charge on any atom is 0.311 e. The highest BCUT2D eigenvalue weighted by Gasteiger charge is 2.07. The molecular formula is C64H102O8. The van der Waals surface area contributed by atoms with Gasteiger partial charge in [0.05, 0.1) is 6.26 Å². The van der Waals surface area contributed by atoms with Crippen molar-refractivity contribution in [2.45, 2.75) is 283 Å². The first-order valence-electron chi connectivity index (χ1n) is 29.6. The largest absolute Gasteiger partial charge is 0.481 e. The molecule has 0 heterocycles. The van der Waals surface area contributed by atoms with Crippen LogP contribution in [-0.4, -0.2) is 34.1 Å². The number of allylic oxidation sites excluding steroid dienone is 1. The number of aryl methyl sites for hydroxylation is 4. The molecule has 0 aliphatic carbocycles. The van der Waals surface area contributed by atoms with Gasteiger partial charge >= 0.3 is 23.9 Å². The Morgan fingerprint density at radius 1 is 0.333 bits per heavy atom. The zero-order chi connectivity index (χ0) is 51.8. The molecule has 0 aromatic heterocycles. The molecule has 0 radical (unpaired) electrons. The third-order valence-corrected chi connectivity index (χ3v) is 14.1. The molecule has 2 aromatic rings. The van der Waals surface area contributed by atoms with Crippen LogP contribution < -0.4 is 0 Å². The number of ether oxygens (including phenoxy) is 2. The highest BCUT2D eigenvalue weighted by atomic mass is 16.5. The summed E-state index contributed by atoms with van der Waals surface area (Å²) in [6.45, 7) is 3.77. The lowest BCUT2D eigenvalue weighted by atomic mass is 10.0. The first kappa shape index (κ1) is 63.9. The summed E-state index contributed by atoms with van der Waals surface area (Å²) in [5, 5.41) is 17.4. The van der Waals surface area contributed by atoms with E-state index in [1.54, 1.807) is 0 Å². The van der Waals surface area contributed by atoms with Gasteiger partial charge in [-0.25, -0.2) is 0 Å². The lowest BCUT2D eigenvalue weighted by Crippen LogP contribution is -2.03. The van der Waals surface area contributed by atoms with Gasteiger partial charge in [0.1, 0.15) is 5.76 Å². The minimum atomic E-state index is -0.676. The van der Waals surface area contributed by atoms with E-state index in [0.717, 1.165) is 77.0 Å². The number of hydrogen-bond donors (Lipinski definition) is 2. The van der Waals surface area contributed by atoms with Gasteiger partial charge < -0.3 is 19.7 Å². The summed E-state index contributed by atoms with van der Waals surface area (Å²) in [5.74, 6) is -1.72. The average molecular weight is 1000 g/mol. The van der Waals surface area contributed by atoms with Crippen molar-refractivity contribution < 1.29 is 38.9 Å². The first-order chi connectivity index (χ1) is 35.2. The quantitative estimate of drug-likeness (QED) is 0.0290. The van der Waals surface area contributed by atoms with Gasteiger partial charge in [0.2, 0.25) is 0 Å². The normalized spacial score (nSPS) is 11.3. The van der Waals surface area contributed by atoms with Crippen LogP contribution in [0.15, 0.2) is 73.2 Å².